The van der Waals surface area contributed by atoms with Gasteiger partial charge in [-0.25, -0.2) is 0 Å². The molecule has 0 saturated heterocycles. The van der Waals surface area contributed by atoms with Gasteiger partial charge in [0, 0.05) is 52.3 Å². The Morgan fingerprint density at radius 1 is 0.281 bits per heavy atom. The Balaban J connectivity index is 0.000000281. The van der Waals surface area contributed by atoms with Crippen LogP contribution in [0.4, 0.5) is 105 Å². The van der Waals surface area contributed by atoms with Crippen LogP contribution in [0.15, 0.2) is 133 Å². The largest absolute Gasteiger partial charge is 0.416 e. The number of rotatable bonds is 12. The van der Waals surface area contributed by atoms with E-state index in [1.54, 1.807) is 98.7 Å². The molecule has 478 valence electrons. The molecule has 2 aliphatic rings. The maximum absolute atomic E-state index is 13.9. The number of benzene rings is 6. The summed E-state index contributed by atoms with van der Waals surface area (Å²) in [5.41, 5.74) is -12.8. The summed E-state index contributed by atoms with van der Waals surface area (Å²) in [5, 5.41) is -2.92. The first-order chi connectivity index (χ1) is 40.3. The molecule has 2 fully saturated rings. The average Bonchev–Trinajstić information content (AvgIpc) is 2.02. The van der Waals surface area contributed by atoms with Crippen LogP contribution >= 0.6 is 15.8 Å². The SMILES string of the molecule is CN(C)C([C]1[CH][CH][CH][C]1P(c1cc(C(F)(F)F)cc(C(F)(F)F)c1)c1cc(C(F)(F)F)cc(C(F)(F)F)c1)c1ccccc1.CN(C)C([C]1[CH][CH][CH][C]1P(c1cc(C(F)(F)F)cc(C(F)(F)F)c1)c1cc(C(F)(F)F)cc(C(F)(F)F)c1)c1ccccc1.[Fe]. The van der Waals surface area contributed by atoms with E-state index < -0.39 is 143 Å². The Bertz CT molecular complexity index is 2830. The summed E-state index contributed by atoms with van der Waals surface area (Å²) >= 11 is 0. The van der Waals surface area contributed by atoms with Crippen LogP contribution in [0, 0.1) is 61.7 Å². The maximum atomic E-state index is 13.9. The molecule has 8 rings (SSSR count). The molecule has 6 aromatic carbocycles. The minimum absolute atomic E-state index is 0. The third kappa shape index (κ3) is 17.8. The van der Waals surface area contributed by atoms with E-state index in [1.165, 1.54) is 38.5 Å². The van der Waals surface area contributed by atoms with Crippen LogP contribution in [-0.2, 0) is 66.5 Å². The van der Waals surface area contributed by atoms with Crippen LogP contribution in [0.25, 0.3) is 0 Å². The first-order valence-corrected chi connectivity index (χ1v) is 27.8. The summed E-state index contributed by atoms with van der Waals surface area (Å²) in [6, 6.07) is 17.5. The van der Waals surface area contributed by atoms with Gasteiger partial charge >= 0.3 is 49.4 Å². The van der Waals surface area contributed by atoms with Crippen molar-refractivity contribution in [2.75, 3.05) is 28.2 Å². The Hall–Kier alpha value is -5.06. The van der Waals surface area contributed by atoms with Crippen LogP contribution in [-0.4, -0.2) is 38.0 Å². The molecule has 0 amide bonds. The molecule has 29 heteroatoms. The van der Waals surface area contributed by atoms with E-state index in [2.05, 4.69) is 0 Å². The fraction of sp³-hybridized carbons (Fsp3) is 0.233. The summed E-state index contributed by atoms with van der Waals surface area (Å²) in [4.78, 5) is 3.31. The quantitative estimate of drug-likeness (QED) is 0.0684. The standard InChI is InChI=1S/2C30H21F12NP.Fe/c2*1-43(2)26(17-7-4-3-5-8-17)24-9-6-10-25(24)44(22-13-18(27(31,32)33)11-19(14-22)28(34,35)36)23-15-20(29(37,38)39)12-21(16-23)30(40,41)42;/h2*3-16,26H,1-2H3;. The first-order valence-electron chi connectivity index (χ1n) is 25.1. The number of hydrogen-bond acceptors (Lipinski definition) is 2. The van der Waals surface area contributed by atoms with Crippen molar-refractivity contribution in [1.29, 1.82) is 0 Å². The minimum Gasteiger partial charge on any atom is -0.302 e. The number of hydrogen-bond donors (Lipinski definition) is 0. The van der Waals surface area contributed by atoms with Crippen molar-refractivity contribution in [3.8, 4) is 0 Å². The molecule has 6 aromatic rings. The van der Waals surface area contributed by atoms with Gasteiger partial charge in [-0.3, -0.25) is 0 Å². The van der Waals surface area contributed by atoms with Gasteiger partial charge in [-0.15, -0.1) is 0 Å². The maximum Gasteiger partial charge on any atom is 0.416 e. The molecular formula is C60H42F24FeN2P2. The van der Waals surface area contributed by atoms with Gasteiger partial charge in [-0.05, 0) is 188 Å². The summed E-state index contributed by atoms with van der Waals surface area (Å²) in [6.45, 7) is 0. The van der Waals surface area contributed by atoms with Crippen molar-refractivity contribution in [3.63, 3.8) is 0 Å². The summed E-state index contributed by atoms with van der Waals surface area (Å²) in [6.07, 6.45) is -34.1. The van der Waals surface area contributed by atoms with Gasteiger partial charge in [-0.1, -0.05) is 60.7 Å². The number of nitrogens with zero attached hydrogens (tertiary/aromatic N) is 2. The van der Waals surface area contributed by atoms with E-state index in [9.17, 15) is 105 Å². The second-order valence-corrected chi connectivity index (χ2v) is 24.4. The summed E-state index contributed by atoms with van der Waals surface area (Å²) < 4.78 is 333. The Morgan fingerprint density at radius 3 is 0.640 bits per heavy atom. The predicted octanol–water partition coefficient (Wildman–Crippen LogP) is 18.5. The van der Waals surface area contributed by atoms with Gasteiger partial charge in [0.25, 0.3) is 0 Å². The zero-order chi connectivity index (χ0) is 65.7. The van der Waals surface area contributed by atoms with Crippen molar-refractivity contribution in [3.05, 3.63) is 251 Å². The fourth-order valence-corrected chi connectivity index (χ4v) is 14.9. The zero-order valence-electron chi connectivity index (χ0n) is 45.5. The van der Waals surface area contributed by atoms with Gasteiger partial charge in [0.1, 0.15) is 0 Å². The molecule has 0 bridgehead atoms. The molecule has 89 heavy (non-hydrogen) atoms. The van der Waals surface area contributed by atoms with E-state index >= 15 is 0 Å². The molecule has 2 nitrogen and oxygen atoms in total. The summed E-state index contributed by atoms with van der Waals surface area (Å²) in [7, 11) is 0.764. The number of alkyl halides is 24. The molecule has 10 radical (unpaired) electrons. The van der Waals surface area contributed by atoms with E-state index in [4.69, 9.17) is 0 Å². The van der Waals surface area contributed by atoms with Crippen LogP contribution in [0.5, 0.6) is 0 Å². The molecule has 0 N–H and O–H groups in total. The van der Waals surface area contributed by atoms with E-state index in [-0.39, 0.29) is 64.5 Å². The predicted molar refractivity (Wildman–Crippen MR) is 283 cm³/mol. The minimum atomic E-state index is -5.31. The first kappa shape index (κ1) is 73.0. The topological polar surface area (TPSA) is 6.48 Å². The fourth-order valence-electron chi connectivity index (χ4n) is 9.63. The van der Waals surface area contributed by atoms with E-state index in [1.807, 2.05) is 0 Å². The van der Waals surface area contributed by atoms with Crippen LogP contribution in [0.1, 0.15) is 67.7 Å². The van der Waals surface area contributed by atoms with Gasteiger partial charge in [-0.2, -0.15) is 105 Å². The Kier molecular flexibility index (Phi) is 22.4. The van der Waals surface area contributed by atoms with Gasteiger partial charge in [0.2, 0.25) is 0 Å². The molecule has 2 unspecified atom stereocenters. The van der Waals surface area contributed by atoms with Gasteiger partial charge < -0.3 is 9.80 Å². The van der Waals surface area contributed by atoms with E-state index in [0.717, 1.165) is 0 Å². The second kappa shape index (κ2) is 27.3. The van der Waals surface area contributed by atoms with Crippen molar-refractivity contribution in [2.24, 2.45) is 0 Å². The Labute approximate surface area is 508 Å². The Morgan fingerprint density at radius 2 is 0.472 bits per heavy atom. The second-order valence-electron chi connectivity index (χ2n) is 20.0. The molecule has 0 heterocycles. The zero-order valence-corrected chi connectivity index (χ0v) is 48.4. The molecule has 2 atom stereocenters. The normalized spacial score (nSPS) is 16.5. The molecule has 2 saturated carbocycles. The van der Waals surface area contributed by atoms with Crippen molar-refractivity contribution >= 4 is 37.1 Å². The van der Waals surface area contributed by atoms with Gasteiger partial charge in [0.05, 0.1) is 44.5 Å². The third-order valence-electron chi connectivity index (χ3n) is 13.3. The molecule has 2 aliphatic carbocycles. The summed E-state index contributed by atoms with van der Waals surface area (Å²) in [5.74, 6) is 0.563. The van der Waals surface area contributed by atoms with Crippen molar-refractivity contribution in [2.45, 2.75) is 61.5 Å². The average molecular weight is 1360 g/mol. The molecular weight excluding hydrogens is 1320 g/mol. The molecule has 0 aromatic heterocycles. The number of halogens is 24. The van der Waals surface area contributed by atoms with Crippen LogP contribution in [0.2, 0.25) is 0 Å². The third-order valence-corrected chi connectivity index (χ3v) is 18.2. The van der Waals surface area contributed by atoms with E-state index in [0.29, 0.717) is 59.7 Å². The molecule has 0 aliphatic heterocycles. The molecule has 0 spiro atoms. The van der Waals surface area contributed by atoms with Crippen molar-refractivity contribution in [1.82, 2.24) is 9.80 Å². The van der Waals surface area contributed by atoms with Crippen LogP contribution in [0.3, 0.4) is 0 Å². The van der Waals surface area contributed by atoms with Gasteiger partial charge in [0.15, 0.2) is 0 Å². The van der Waals surface area contributed by atoms with Crippen LogP contribution < -0.4 is 21.2 Å². The monoisotopic (exact) mass is 1360 g/mol. The van der Waals surface area contributed by atoms with Crippen molar-refractivity contribution < 1.29 is 122 Å². The smallest absolute Gasteiger partial charge is 0.302 e.